The topological polar surface area (TPSA) is 73.9 Å². The molecule has 1 unspecified atom stereocenters. The van der Waals surface area contributed by atoms with E-state index >= 15 is 0 Å². The van der Waals surface area contributed by atoms with Crippen LogP contribution in [0.3, 0.4) is 0 Å². The van der Waals surface area contributed by atoms with Crippen molar-refractivity contribution in [3.8, 4) is 11.5 Å². The Labute approximate surface area is 162 Å². The number of esters is 1. The number of hydrogen-bond acceptors (Lipinski definition) is 6. The fourth-order valence-corrected chi connectivity index (χ4v) is 2.83. The minimum Gasteiger partial charge on any atom is -0.454 e. The lowest BCUT2D eigenvalue weighted by atomic mass is 10.2. The smallest absolute Gasteiger partial charge is 0.446 e. The minimum atomic E-state index is -4.41. The van der Waals surface area contributed by atoms with E-state index in [1.165, 1.54) is 19.1 Å². The summed E-state index contributed by atoms with van der Waals surface area (Å²) in [6.45, 7) is 1.48. The fourth-order valence-electron chi connectivity index (χ4n) is 2.29. The highest BCUT2D eigenvalue weighted by Crippen LogP contribution is 2.37. The summed E-state index contributed by atoms with van der Waals surface area (Å²) in [6, 6.07) is 9.55. The summed E-state index contributed by atoms with van der Waals surface area (Å²) in [6.07, 6.45) is -1.12. The molecule has 1 N–H and O–H groups in total. The molecule has 1 aliphatic heterocycles. The zero-order chi connectivity index (χ0) is 20.3. The molecular formula is C18H14F3NO5S. The van der Waals surface area contributed by atoms with Crippen molar-refractivity contribution in [2.24, 2.45) is 0 Å². The van der Waals surface area contributed by atoms with Crippen LogP contribution < -0.4 is 14.8 Å². The van der Waals surface area contributed by atoms with Crippen molar-refractivity contribution < 1.29 is 37.0 Å². The Morgan fingerprint density at radius 3 is 2.46 bits per heavy atom. The monoisotopic (exact) mass is 413 g/mol. The molecule has 3 rings (SSSR count). The molecule has 0 bridgehead atoms. The van der Waals surface area contributed by atoms with Crippen LogP contribution in [0.5, 0.6) is 11.5 Å². The van der Waals surface area contributed by atoms with Crippen LogP contribution in [-0.4, -0.2) is 30.3 Å². The van der Waals surface area contributed by atoms with Crippen molar-refractivity contribution in [3.05, 3.63) is 48.0 Å². The zero-order valence-corrected chi connectivity index (χ0v) is 15.2. The number of nitrogens with one attached hydrogen (secondary N) is 1. The third-order valence-corrected chi connectivity index (χ3v) is 4.36. The molecule has 0 saturated carbocycles. The van der Waals surface area contributed by atoms with Crippen LogP contribution in [0.25, 0.3) is 0 Å². The van der Waals surface area contributed by atoms with E-state index in [-0.39, 0.29) is 29.0 Å². The molecule has 1 heterocycles. The Morgan fingerprint density at radius 1 is 1.11 bits per heavy atom. The van der Waals surface area contributed by atoms with Gasteiger partial charge in [-0.25, -0.2) is 4.79 Å². The van der Waals surface area contributed by atoms with Gasteiger partial charge in [0.15, 0.2) is 17.6 Å². The van der Waals surface area contributed by atoms with E-state index in [1.807, 2.05) is 0 Å². The molecule has 1 aliphatic rings. The van der Waals surface area contributed by atoms with E-state index in [0.29, 0.717) is 17.2 Å². The SMILES string of the molecule is CC(OC(=O)c1ccc(SC(F)(F)F)cc1)C(=O)Nc1ccc2c(c1)OCO2. The van der Waals surface area contributed by atoms with Gasteiger partial charge >= 0.3 is 11.5 Å². The second-order valence-electron chi connectivity index (χ2n) is 5.68. The standard InChI is InChI=1S/C18H14F3NO5S/c1-10(16(23)22-12-4-7-14-15(8-12)26-9-25-14)27-17(24)11-2-5-13(6-3-11)28-18(19,20)21/h2-8,10H,9H2,1H3,(H,22,23). The molecule has 28 heavy (non-hydrogen) atoms. The third kappa shape index (κ3) is 5.10. The number of rotatable bonds is 5. The number of fused-ring (bicyclic) bond motifs is 1. The van der Waals surface area contributed by atoms with E-state index in [1.54, 1.807) is 18.2 Å². The lowest BCUT2D eigenvalue weighted by molar-refractivity contribution is -0.123. The normalized spacial score (nSPS) is 13.7. The molecule has 1 amide bonds. The maximum absolute atomic E-state index is 12.3. The van der Waals surface area contributed by atoms with Gasteiger partial charge in [0.2, 0.25) is 6.79 Å². The molecular weight excluding hydrogens is 399 g/mol. The quantitative estimate of drug-likeness (QED) is 0.585. The van der Waals surface area contributed by atoms with Crippen molar-refractivity contribution >= 4 is 29.3 Å². The number of ether oxygens (including phenoxy) is 3. The summed E-state index contributed by atoms with van der Waals surface area (Å²) in [5.74, 6) is -0.350. The molecule has 0 aromatic heterocycles. The first-order chi connectivity index (χ1) is 13.2. The minimum absolute atomic E-state index is 0.0363. The third-order valence-electron chi connectivity index (χ3n) is 3.62. The summed E-state index contributed by atoms with van der Waals surface area (Å²) >= 11 is -0.286. The number of carbonyl (C=O) groups is 2. The Morgan fingerprint density at radius 2 is 1.79 bits per heavy atom. The first-order valence-electron chi connectivity index (χ1n) is 7.98. The van der Waals surface area contributed by atoms with Crippen LogP contribution in [0.2, 0.25) is 0 Å². The number of benzene rings is 2. The van der Waals surface area contributed by atoms with Crippen molar-refractivity contribution in [1.29, 1.82) is 0 Å². The van der Waals surface area contributed by atoms with Gasteiger partial charge in [0.25, 0.3) is 5.91 Å². The van der Waals surface area contributed by atoms with Crippen LogP contribution in [0.15, 0.2) is 47.4 Å². The highest BCUT2D eigenvalue weighted by atomic mass is 32.2. The van der Waals surface area contributed by atoms with Crippen molar-refractivity contribution in [3.63, 3.8) is 0 Å². The molecule has 1 atom stereocenters. The summed E-state index contributed by atoms with van der Waals surface area (Å²) in [4.78, 5) is 24.2. The van der Waals surface area contributed by atoms with Gasteiger partial charge in [0, 0.05) is 16.6 Å². The van der Waals surface area contributed by atoms with Gasteiger partial charge < -0.3 is 19.5 Å². The maximum Gasteiger partial charge on any atom is 0.446 e. The average molecular weight is 413 g/mol. The number of hydrogen-bond donors (Lipinski definition) is 1. The number of amides is 1. The van der Waals surface area contributed by atoms with Gasteiger partial charge in [-0.3, -0.25) is 4.79 Å². The molecule has 6 nitrogen and oxygen atoms in total. The second-order valence-corrected chi connectivity index (χ2v) is 6.82. The largest absolute Gasteiger partial charge is 0.454 e. The van der Waals surface area contributed by atoms with Gasteiger partial charge in [-0.15, -0.1) is 0 Å². The van der Waals surface area contributed by atoms with Gasteiger partial charge in [-0.1, -0.05) is 0 Å². The molecule has 2 aromatic rings. The first-order valence-corrected chi connectivity index (χ1v) is 8.80. The summed E-state index contributed by atoms with van der Waals surface area (Å²) in [5, 5.41) is 2.58. The van der Waals surface area contributed by atoms with Gasteiger partial charge in [-0.05, 0) is 55.1 Å². The Balaban J connectivity index is 1.56. The van der Waals surface area contributed by atoms with Crippen molar-refractivity contribution in [2.75, 3.05) is 12.1 Å². The Kier molecular flexibility index (Phi) is 5.68. The number of halogens is 3. The molecule has 0 fully saturated rings. The predicted molar refractivity (Wildman–Crippen MR) is 94.4 cm³/mol. The fraction of sp³-hybridized carbons (Fsp3) is 0.222. The van der Waals surface area contributed by atoms with E-state index in [9.17, 15) is 22.8 Å². The number of alkyl halides is 3. The first kappa shape index (κ1) is 19.9. The van der Waals surface area contributed by atoms with Crippen LogP contribution in [-0.2, 0) is 9.53 Å². The van der Waals surface area contributed by atoms with Crippen LogP contribution >= 0.6 is 11.8 Å². The number of carbonyl (C=O) groups excluding carboxylic acids is 2. The number of thioether (sulfide) groups is 1. The molecule has 148 valence electrons. The molecule has 0 saturated heterocycles. The molecule has 0 spiro atoms. The highest BCUT2D eigenvalue weighted by molar-refractivity contribution is 8.00. The van der Waals surface area contributed by atoms with E-state index in [4.69, 9.17) is 14.2 Å². The highest BCUT2D eigenvalue weighted by Gasteiger charge is 2.29. The van der Waals surface area contributed by atoms with Crippen LogP contribution in [0.4, 0.5) is 18.9 Å². The average Bonchev–Trinajstić information content (AvgIpc) is 3.08. The van der Waals surface area contributed by atoms with Gasteiger partial charge in [0.05, 0.1) is 5.56 Å². The van der Waals surface area contributed by atoms with Crippen LogP contribution in [0.1, 0.15) is 17.3 Å². The van der Waals surface area contributed by atoms with Crippen molar-refractivity contribution in [1.82, 2.24) is 0 Å². The molecule has 0 aliphatic carbocycles. The van der Waals surface area contributed by atoms with Crippen molar-refractivity contribution in [2.45, 2.75) is 23.4 Å². The summed E-state index contributed by atoms with van der Waals surface area (Å²) < 4.78 is 52.4. The lowest BCUT2D eigenvalue weighted by Gasteiger charge is -2.14. The maximum atomic E-state index is 12.3. The lowest BCUT2D eigenvalue weighted by Crippen LogP contribution is -2.30. The van der Waals surface area contributed by atoms with E-state index in [0.717, 1.165) is 12.1 Å². The summed E-state index contributed by atoms with van der Waals surface area (Å²) in [7, 11) is 0. The van der Waals surface area contributed by atoms with E-state index in [2.05, 4.69) is 5.32 Å². The summed E-state index contributed by atoms with van der Waals surface area (Å²) in [5.41, 5.74) is -3.94. The molecule has 10 heteroatoms. The molecule has 2 aromatic carbocycles. The number of anilines is 1. The predicted octanol–water partition coefficient (Wildman–Crippen LogP) is 4.21. The zero-order valence-electron chi connectivity index (χ0n) is 14.4. The second kappa shape index (κ2) is 8.01. The Bertz CT molecular complexity index is 886. The van der Waals surface area contributed by atoms with Gasteiger partial charge in [-0.2, -0.15) is 13.2 Å². The van der Waals surface area contributed by atoms with Gasteiger partial charge in [0.1, 0.15) is 0 Å². The van der Waals surface area contributed by atoms with E-state index < -0.39 is 23.5 Å². The van der Waals surface area contributed by atoms with Crippen LogP contribution in [0, 0.1) is 0 Å². The molecule has 0 radical (unpaired) electrons. The Hall–Kier alpha value is -2.88.